The van der Waals surface area contributed by atoms with E-state index in [1.807, 2.05) is 18.3 Å². The highest BCUT2D eigenvalue weighted by molar-refractivity contribution is 5.55. The smallest absolute Gasteiger partial charge is 0.227 e. The highest BCUT2D eigenvalue weighted by atomic mass is 16.5. The van der Waals surface area contributed by atoms with Crippen molar-refractivity contribution in [2.45, 2.75) is 13.0 Å². The van der Waals surface area contributed by atoms with Gasteiger partial charge in [0.25, 0.3) is 0 Å². The summed E-state index contributed by atoms with van der Waals surface area (Å²) in [6, 6.07) is 8.23. The van der Waals surface area contributed by atoms with Gasteiger partial charge >= 0.3 is 0 Å². The summed E-state index contributed by atoms with van der Waals surface area (Å²) in [6.07, 6.45) is 3.00. The molecule has 0 atom stereocenters. The molecule has 1 aromatic carbocycles. The number of benzene rings is 1. The van der Waals surface area contributed by atoms with Crippen molar-refractivity contribution in [1.82, 2.24) is 9.97 Å². The molecule has 24 heavy (non-hydrogen) atoms. The summed E-state index contributed by atoms with van der Waals surface area (Å²) in [6.45, 7) is 5.06. The molecule has 3 heterocycles. The SMILES string of the molecule is COc1ccc(CN2CCc3cnc(N4CCOCC4)nc32)cc1. The maximum absolute atomic E-state index is 5.41. The Labute approximate surface area is 142 Å². The van der Waals surface area contributed by atoms with E-state index < -0.39 is 0 Å². The van der Waals surface area contributed by atoms with E-state index in [9.17, 15) is 0 Å². The third-order valence-electron chi connectivity index (χ3n) is 4.61. The van der Waals surface area contributed by atoms with Crippen LogP contribution in [0.5, 0.6) is 5.75 Å². The number of ether oxygens (including phenoxy) is 2. The molecular formula is C18H22N4O2. The van der Waals surface area contributed by atoms with Gasteiger partial charge in [0.1, 0.15) is 11.6 Å². The van der Waals surface area contributed by atoms with Crippen molar-refractivity contribution in [2.24, 2.45) is 0 Å². The number of rotatable bonds is 4. The lowest BCUT2D eigenvalue weighted by molar-refractivity contribution is 0.122. The van der Waals surface area contributed by atoms with Crippen LogP contribution in [0.2, 0.25) is 0 Å². The molecule has 0 amide bonds. The first-order valence-corrected chi connectivity index (χ1v) is 8.40. The molecule has 0 N–H and O–H groups in total. The molecule has 4 rings (SSSR count). The van der Waals surface area contributed by atoms with Crippen LogP contribution in [0.25, 0.3) is 0 Å². The number of hydrogen-bond donors (Lipinski definition) is 0. The first-order chi connectivity index (χ1) is 11.8. The summed E-state index contributed by atoms with van der Waals surface area (Å²) in [5.74, 6) is 2.78. The van der Waals surface area contributed by atoms with E-state index in [0.717, 1.165) is 63.3 Å². The monoisotopic (exact) mass is 326 g/mol. The molecule has 0 saturated carbocycles. The lowest BCUT2D eigenvalue weighted by atomic mass is 10.2. The third kappa shape index (κ3) is 3.01. The number of hydrogen-bond acceptors (Lipinski definition) is 6. The molecule has 0 bridgehead atoms. The van der Waals surface area contributed by atoms with Crippen LogP contribution in [-0.2, 0) is 17.7 Å². The molecule has 6 heteroatoms. The molecule has 6 nitrogen and oxygen atoms in total. The topological polar surface area (TPSA) is 50.7 Å². The van der Waals surface area contributed by atoms with Crippen LogP contribution in [0.4, 0.5) is 11.8 Å². The van der Waals surface area contributed by atoms with Crippen LogP contribution in [0, 0.1) is 0 Å². The Bertz CT molecular complexity index is 699. The van der Waals surface area contributed by atoms with Gasteiger partial charge in [0.2, 0.25) is 5.95 Å². The van der Waals surface area contributed by atoms with Gasteiger partial charge in [0.15, 0.2) is 0 Å². The highest BCUT2D eigenvalue weighted by Crippen LogP contribution is 2.29. The number of anilines is 2. The molecule has 0 spiro atoms. The molecule has 2 aliphatic rings. The normalized spacial score (nSPS) is 17.0. The van der Waals surface area contributed by atoms with E-state index in [-0.39, 0.29) is 0 Å². The summed E-state index contributed by atoms with van der Waals surface area (Å²) >= 11 is 0. The molecule has 1 aromatic heterocycles. The third-order valence-corrected chi connectivity index (χ3v) is 4.61. The Morgan fingerprint density at radius 1 is 1.12 bits per heavy atom. The second-order valence-corrected chi connectivity index (χ2v) is 6.14. The van der Waals surface area contributed by atoms with E-state index in [1.165, 1.54) is 11.1 Å². The van der Waals surface area contributed by atoms with Gasteiger partial charge in [0, 0.05) is 37.9 Å². The minimum absolute atomic E-state index is 0.746. The number of fused-ring (bicyclic) bond motifs is 1. The predicted octanol–water partition coefficient (Wildman–Crippen LogP) is 1.88. The van der Waals surface area contributed by atoms with E-state index in [1.54, 1.807) is 7.11 Å². The van der Waals surface area contributed by atoms with Crippen LogP contribution < -0.4 is 14.5 Å². The number of methoxy groups -OCH3 is 1. The van der Waals surface area contributed by atoms with Crippen molar-refractivity contribution in [3.8, 4) is 5.75 Å². The quantitative estimate of drug-likeness (QED) is 0.855. The fourth-order valence-electron chi connectivity index (χ4n) is 3.22. The van der Waals surface area contributed by atoms with Crippen molar-refractivity contribution in [3.63, 3.8) is 0 Å². The van der Waals surface area contributed by atoms with Gasteiger partial charge in [-0.25, -0.2) is 4.98 Å². The molecule has 0 aliphatic carbocycles. The average Bonchev–Trinajstić information content (AvgIpc) is 3.05. The molecule has 0 radical (unpaired) electrons. The van der Waals surface area contributed by atoms with E-state index in [0.29, 0.717) is 0 Å². The van der Waals surface area contributed by atoms with Gasteiger partial charge < -0.3 is 19.3 Å². The summed E-state index contributed by atoms with van der Waals surface area (Å²) in [5, 5.41) is 0. The lowest BCUT2D eigenvalue weighted by Gasteiger charge is -2.27. The van der Waals surface area contributed by atoms with E-state index >= 15 is 0 Å². The second-order valence-electron chi connectivity index (χ2n) is 6.14. The Hall–Kier alpha value is -2.34. The van der Waals surface area contributed by atoms with Crippen molar-refractivity contribution in [1.29, 1.82) is 0 Å². The first-order valence-electron chi connectivity index (χ1n) is 8.40. The molecule has 0 unspecified atom stereocenters. The standard InChI is InChI=1S/C18H22N4O2/c1-23-16-4-2-14(3-5-16)13-22-7-6-15-12-19-18(20-17(15)22)21-8-10-24-11-9-21/h2-5,12H,6-11,13H2,1H3. The van der Waals surface area contributed by atoms with Gasteiger partial charge in [-0.3, -0.25) is 0 Å². The maximum Gasteiger partial charge on any atom is 0.227 e. The summed E-state index contributed by atoms with van der Waals surface area (Å²) in [5.41, 5.74) is 2.50. The molecule has 1 fully saturated rings. The number of nitrogens with zero attached hydrogens (tertiary/aromatic N) is 4. The first kappa shape index (κ1) is 15.2. The minimum Gasteiger partial charge on any atom is -0.497 e. The van der Waals surface area contributed by atoms with E-state index in [2.05, 4.69) is 26.9 Å². The summed E-state index contributed by atoms with van der Waals surface area (Å²) in [7, 11) is 1.69. The average molecular weight is 326 g/mol. The van der Waals surface area contributed by atoms with Crippen molar-refractivity contribution in [3.05, 3.63) is 41.6 Å². The Morgan fingerprint density at radius 2 is 1.92 bits per heavy atom. The molecule has 1 saturated heterocycles. The van der Waals surface area contributed by atoms with Crippen molar-refractivity contribution < 1.29 is 9.47 Å². The number of aromatic nitrogens is 2. The maximum atomic E-state index is 5.41. The Morgan fingerprint density at radius 3 is 2.67 bits per heavy atom. The lowest BCUT2D eigenvalue weighted by Crippen LogP contribution is -2.37. The molecule has 2 aromatic rings. The molecular weight excluding hydrogens is 304 g/mol. The van der Waals surface area contributed by atoms with Crippen LogP contribution >= 0.6 is 0 Å². The summed E-state index contributed by atoms with van der Waals surface area (Å²) < 4.78 is 10.6. The van der Waals surface area contributed by atoms with Gasteiger partial charge in [-0.15, -0.1) is 0 Å². The van der Waals surface area contributed by atoms with Crippen LogP contribution in [0.3, 0.4) is 0 Å². The molecule has 2 aliphatic heterocycles. The fraction of sp³-hybridized carbons (Fsp3) is 0.444. The second kappa shape index (κ2) is 6.65. The highest BCUT2D eigenvalue weighted by Gasteiger charge is 2.24. The van der Waals surface area contributed by atoms with Crippen LogP contribution in [0.15, 0.2) is 30.5 Å². The molecule has 126 valence electrons. The Balaban J connectivity index is 1.53. The zero-order valence-corrected chi connectivity index (χ0v) is 13.9. The Kier molecular flexibility index (Phi) is 4.21. The van der Waals surface area contributed by atoms with Crippen molar-refractivity contribution >= 4 is 11.8 Å². The number of morpholine rings is 1. The van der Waals surface area contributed by atoms with Gasteiger partial charge in [-0.05, 0) is 24.1 Å². The zero-order valence-electron chi connectivity index (χ0n) is 13.9. The fourth-order valence-corrected chi connectivity index (χ4v) is 3.22. The van der Waals surface area contributed by atoms with Crippen molar-refractivity contribution in [2.75, 3.05) is 49.8 Å². The predicted molar refractivity (Wildman–Crippen MR) is 92.8 cm³/mol. The van der Waals surface area contributed by atoms with Gasteiger partial charge in [-0.2, -0.15) is 4.98 Å². The van der Waals surface area contributed by atoms with Gasteiger partial charge in [0.05, 0.1) is 20.3 Å². The summed E-state index contributed by atoms with van der Waals surface area (Å²) in [4.78, 5) is 13.9. The minimum atomic E-state index is 0.746. The largest absolute Gasteiger partial charge is 0.497 e. The zero-order chi connectivity index (χ0) is 16.4. The van der Waals surface area contributed by atoms with Crippen LogP contribution in [-0.4, -0.2) is 49.9 Å². The van der Waals surface area contributed by atoms with Crippen LogP contribution in [0.1, 0.15) is 11.1 Å². The van der Waals surface area contributed by atoms with E-state index in [4.69, 9.17) is 14.5 Å². The van der Waals surface area contributed by atoms with Gasteiger partial charge in [-0.1, -0.05) is 12.1 Å².